The van der Waals surface area contributed by atoms with Crippen molar-refractivity contribution in [3.63, 3.8) is 0 Å². The third-order valence-corrected chi connectivity index (χ3v) is 3.62. The van der Waals surface area contributed by atoms with Crippen LogP contribution in [0.15, 0.2) is 73.3 Å². The largest absolute Gasteiger partial charge is 0.445 e. The standard InChI is InChI=1S/C19H18O3/c1-2-19(16-9-5-3-6-10-16,22-18(20)15-13-14-15)21-17-11-7-4-8-12-17/h2-12,15H,1,13-14H2. The summed E-state index contributed by atoms with van der Waals surface area (Å²) < 4.78 is 11.7. The molecule has 0 aromatic heterocycles. The van der Waals surface area contributed by atoms with Crippen molar-refractivity contribution in [2.24, 2.45) is 5.92 Å². The summed E-state index contributed by atoms with van der Waals surface area (Å²) in [5.41, 5.74) is 0.739. The molecule has 0 aliphatic heterocycles. The quantitative estimate of drug-likeness (QED) is 0.458. The van der Waals surface area contributed by atoms with Gasteiger partial charge in [-0.15, -0.1) is 0 Å². The number of carbonyl (C=O) groups excluding carboxylic acids is 1. The number of esters is 1. The molecule has 0 radical (unpaired) electrons. The lowest BCUT2D eigenvalue weighted by molar-refractivity contribution is -0.187. The van der Waals surface area contributed by atoms with Crippen LogP contribution in [0.1, 0.15) is 18.4 Å². The monoisotopic (exact) mass is 294 g/mol. The Balaban J connectivity index is 1.95. The number of hydrogen-bond donors (Lipinski definition) is 0. The van der Waals surface area contributed by atoms with Gasteiger partial charge in [-0.3, -0.25) is 4.79 Å². The molecule has 0 saturated heterocycles. The third-order valence-electron chi connectivity index (χ3n) is 3.62. The molecular weight excluding hydrogens is 276 g/mol. The van der Waals surface area contributed by atoms with Crippen LogP contribution < -0.4 is 4.74 Å². The lowest BCUT2D eigenvalue weighted by Crippen LogP contribution is -2.37. The van der Waals surface area contributed by atoms with Crippen LogP contribution in [0.4, 0.5) is 0 Å². The molecule has 1 fully saturated rings. The van der Waals surface area contributed by atoms with E-state index in [9.17, 15) is 4.79 Å². The Morgan fingerprint density at radius 2 is 1.64 bits per heavy atom. The van der Waals surface area contributed by atoms with Crippen LogP contribution in [0.2, 0.25) is 0 Å². The Labute approximate surface area is 130 Å². The first-order valence-corrected chi connectivity index (χ1v) is 7.39. The molecule has 1 atom stereocenters. The van der Waals surface area contributed by atoms with Crippen molar-refractivity contribution in [2.75, 3.05) is 0 Å². The summed E-state index contributed by atoms with van der Waals surface area (Å²) in [6.45, 7) is 3.84. The molecule has 1 unspecified atom stereocenters. The Morgan fingerprint density at radius 3 is 2.18 bits per heavy atom. The van der Waals surface area contributed by atoms with Gasteiger partial charge in [0.05, 0.1) is 5.92 Å². The van der Waals surface area contributed by atoms with Crippen LogP contribution >= 0.6 is 0 Å². The topological polar surface area (TPSA) is 35.5 Å². The molecule has 3 nitrogen and oxygen atoms in total. The minimum Gasteiger partial charge on any atom is -0.445 e. The van der Waals surface area contributed by atoms with Crippen molar-refractivity contribution in [2.45, 2.75) is 18.6 Å². The van der Waals surface area contributed by atoms with Crippen LogP contribution in [-0.4, -0.2) is 5.97 Å². The predicted octanol–water partition coefficient (Wildman–Crippen LogP) is 4.06. The SMILES string of the molecule is C=CC(OC(=O)C1CC1)(Oc1ccccc1)c1ccccc1. The maximum atomic E-state index is 12.2. The predicted molar refractivity (Wildman–Crippen MR) is 84.2 cm³/mol. The van der Waals surface area contributed by atoms with Crippen LogP contribution in [-0.2, 0) is 15.3 Å². The molecule has 1 saturated carbocycles. The van der Waals surface area contributed by atoms with Gasteiger partial charge in [0.2, 0.25) is 0 Å². The van der Waals surface area contributed by atoms with Gasteiger partial charge in [-0.25, -0.2) is 0 Å². The Hall–Kier alpha value is -2.55. The summed E-state index contributed by atoms with van der Waals surface area (Å²) in [6, 6.07) is 18.7. The fraction of sp³-hybridized carbons (Fsp3) is 0.211. The maximum absolute atomic E-state index is 12.2. The summed E-state index contributed by atoms with van der Waals surface area (Å²) in [7, 11) is 0. The van der Waals surface area contributed by atoms with Crippen LogP contribution in [0, 0.1) is 5.92 Å². The van der Waals surface area contributed by atoms with Crippen molar-refractivity contribution in [3.8, 4) is 5.75 Å². The normalized spacial score (nSPS) is 16.4. The van der Waals surface area contributed by atoms with Crippen molar-refractivity contribution >= 4 is 5.97 Å². The first kappa shape index (κ1) is 14.4. The number of hydrogen-bond acceptors (Lipinski definition) is 3. The second-order valence-electron chi connectivity index (χ2n) is 5.35. The smallest absolute Gasteiger partial charge is 0.312 e. The van der Waals surface area contributed by atoms with Gasteiger partial charge >= 0.3 is 11.8 Å². The van der Waals surface area contributed by atoms with Gasteiger partial charge in [0.25, 0.3) is 0 Å². The van der Waals surface area contributed by atoms with E-state index in [-0.39, 0.29) is 11.9 Å². The molecule has 22 heavy (non-hydrogen) atoms. The lowest BCUT2D eigenvalue weighted by atomic mass is 10.1. The highest BCUT2D eigenvalue weighted by Crippen LogP contribution is 2.36. The zero-order chi connectivity index (χ0) is 15.4. The zero-order valence-electron chi connectivity index (χ0n) is 12.3. The van der Waals surface area contributed by atoms with Crippen molar-refractivity contribution in [1.82, 2.24) is 0 Å². The van der Waals surface area contributed by atoms with Gasteiger partial charge in [-0.2, -0.15) is 0 Å². The average molecular weight is 294 g/mol. The van der Waals surface area contributed by atoms with E-state index in [2.05, 4.69) is 6.58 Å². The van der Waals surface area contributed by atoms with E-state index in [4.69, 9.17) is 9.47 Å². The molecule has 0 heterocycles. The molecule has 1 aliphatic rings. The molecule has 2 aromatic carbocycles. The second kappa shape index (κ2) is 6.06. The minimum atomic E-state index is -1.30. The molecule has 1 aliphatic carbocycles. The van der Waals surface area contributed by atoms with Crippen molar-refractivity contribution in [1.29, 1.82) is 0 Å². The summed E-state index contributed by atoms with van der Waals surface area (Å²) in [4.78, 5) is 12.2. The van der Waals surface area contributed by atoms with Gasteiger partial charge in [0.15, 0.2) is 0 Å². The van der Waals surface area contributed by atoms with Gasteiger partial charge in [-0.1, -0.05) is 55.1 Å². The number of benzene rings is 2. The van der Waals surface area contributed by atoms with E-state index in [1.54, 1.807) is 0 Å². The highest BCUT2D eigenvalue weighted by molar-refractivity contribution is 5.75. The highest BCUT2D eigenvalue weighted by atomic mass is 16.7. The molecule has 3 heteroatoms. The molecule has 0 amide bonds. The van der Waals surface area contributed by atoms with Gasteiger partial charge in [-0.05, 0) is 31.1 Å². The molecular formula is C19H18O3. The fourth-order valence-electron chi connectivity index (χ4n) is 2.23. The molecule has 112 valence electrons. The summed E-state index contributed by atoms with van der Waals surface area (Å²) in [5.74, 6) is -0.931. The first-order chi connectivity index (χ1) is 10.7. The van der Waals surface area contributed by atoms with Gasteiger partial charge in [0, 0.05) is 5.56 Å². The molecule has 0 bridgehead atoms. The van der Waals surface area contributed by atoms with E-state index in [1.807, 2.05) is 60.7 Å². The van der Waals surface area contributed by atoms with Crippen molar-refractivity contribution in [3.05, 3.63) is 78.9 Å². The Morgan fingerprint density at radius 1 is 1.05 bits per heavy atom. The van der Waals surface area contributed by atoms with E-state index in [0.29, 0.717) is 5.75 Å². The number of carbonyl (C=O) groups is 1. The third kappa shape index (κ3) is 3.03. The highest BCUT2D eigenvalue weighted by Gasteiger charge is 2.41. The summed E-state index contributed by atoms with van der Waals surface area (Å²) >= 11 is 0. The van der Waals surface area contributed by atoms with E-state index >= 15 is 0 Å². The second-order valence-corrected chi connectivity index (χ2v) is 5.35. The number of ether oxygens (including phenoxy) is 2. The number of para-hydroxylation sites is 1. The van der Waals surface area contributed by atoms with Crippen LogP contribution in [0.3, 0.4) is 0 Å². The fourth-order valence-corrected chi connectivity index (χ4v) is 2.23. The lowest BCUT2D eigenvalue weighted by Gasteiger charge is -2.31. The number of rotatable bonds is 6. The molecule has 0 spiro atoms. The zero-order valence-corrected chi connectivity index (χ0v) is 12.3. The van der Waals surface area contributed by atoms with Crippen LogP contribution in [0.25, 0.3) is 0 Å². The van der Waals surface area contributed by atoms with E-state index in [0.717, 1.165) is 18.4 Å². The molecule has 2 aromatic rings. The minimum absolute atomic E-state index is 0.0117. The van der Waals surface area contributed by atoms with Gasteiger partial charge in [0.1, 0.15) is 5.75 Å². The van der Waals surface area contributed by atoms with Gasteiger partial charge < -0.3 is 9.47 Å². The summed E-state index contributed by atoms with van der Waals surface area (Å²) in [6.07, 6.45) is 3.30. The molecule has 3 rings (SSSR count). The van der Waals surface area contributed by atoms with E-state index in [1.165, 1.54) is 6.08 Å². The van der Waals surface area contributed by atoms with Crippen LogP contribution in [0.5, 0.6) is 5.75 Å². The summed E-state index contributed by atoms with van der Waals surface area (Å²) in [5, 5.41) is 0. The average Bonchev–Trinajstić information content (AvgIpc) is 3.41. The van der Waals surface area contributed by atoms with Crippen molar-refractivity contribution < 1.29 is 14.3 Å². The maximum Gasteiger partial charge on any atom is 0.312 e. The Kier molecular flexibility index (Phi) is 3.96. The van der Waals surface area contributed by atoms with E-state index < -0.39 is 5.79 Å². The molecule has 0 N–H and O–H groups in total. The Bertz CT molecular complexity index is 647. The first-order valence-electron chi connectivity index (χ1n) is 7.39.